The number of alkyl halides is 1. The maximum absolute atomic E-state index is 12.9. The Morgan fingerprint density at radius 2 is 2.00 bits per heavy atom. The van der Waals surface area contributed by atoms with Crippen molar-refractivity contribution in [2.24, 2.45) is 7.05 Å². The Morgan fingerprint density at radius 3 is 2.62 bits per heavy atom. The third-order valence-corrected chi connectivity index (χ3v) is 4.10. The molecule has 114 valence electrons. The third kappa shape index (κ3) is 3.05. The minimum Gasteiger partial charge on any atom is -0.333 e. The summed E-state index contributed by atoms with van der Waals surface area (Å²) in [5.41, 5.74) is 1.49. The van der Waals surface area contributed by atoms with Gasteiger partial charge in [-0.2, -0.15) is 5.10 Å². The fraction of sp³-hybridized carbons (Fsp3) is 0.500. The number of amides is 1. The minimum atomic E-state index is -0.0267. The van der Waals surface area contributed by atoms with Crippen molar-refractivity contribution >= 4 is 28.4 Å². The van der Waals surface area contributed by atoms with Gasteiger partial charge in [0.15, 0.2) is 5.69 Å². The molecule has 0 aliphatic carbocycles. The fourth-order valence-electron chi connectivity index (χ4n) is 2.78. The van der Waals surface area contributed by atoms with Crippen LogP contribution in [0.1, 0.15) is 37.2 Å². The summed E-state index contributed by atoms with van der Waals surface area (Å²) in [7, 11) is 1.86. The molecule has 5 heteroatoms. The van der Waals surface area contributed by atoms with Crippen LogP contribution < -0.4 is 0 Å². The zero-order chi connectivity index (χ0) is 15.4. The summed E-state index contributed by atoms with van der Waals surface area (Å²) in [5, 5.41) is 5.32. The van der Waals surface area contributed by atoms with E-state index >= 15 is 0 Å². The Kier molecular flexibility index (Phi) is 5.23. The number of fused-ring (bicyclic) bond motifs is 1. The summed E-state index contributed by atoms with van der Waals surface area (Å²) in [4.78, 5) is 14.8. The molecule has 1 heterocycles. The van der Waals surface area contributed by atoms with Crippen molar-refractivity contribution in [3.63, 3.8) is 0 Å². The SMILES string of the molecule is CCC(CC)N(CCCl)C(=O)c1nn(C)c2ccccc12. The molecular weight excluding hydrogens is 286 g/mol. The lowest BCUT2D eigenvalue weighted by Gasteiger charge is -2.29. The van der Waals surface area contributed by atoms with Crippen LogP contribution in [0.25, 0.3) is 10.9 Å². The van der Waals surface area contributed by atoms with Crippen LogP contribution in [-0.4, -0.2) is 39.1 Å². The van der Waals surface area contributed by atoms with Gasteiger partial charge in [0.25, 0.3) is 5.91 Å². The second kappa shape index (κ2) is 6.94. The normalized spacial score (nSPS) is 11.3. The lowest BCUT2D eigenvalue weighted by atomic mass is 10.1. The van der Waals surface area contributed by atoms with E-state index in [1.807, 2.05) is 36.2 Å². The number of hydrogen-bond donors (Lipinski definition) is 0. The van der Waals surface area contributed by atoms with Gasteiger partial charge < -0.3 is 4.90 Å². The predicted molar refractivity (Wildman–Crippen MR) is 86.8 cm³/mol. The number of rotatable bonds is 6. The lowest BCUT2D eigenvalue weighted by Crippen LogP contribution is -2.41. The van der Waals surface area contributed by atoms with E-state index in [0.717, 1.165) is 23.7 Å². The van der Waals surface area contributed by atoms with Gasteiger partial charge in [0.05, 0.1) is 5.52 Å². The van der Waals surface area contributed by atoms with Crippen molar-refractivity contribution in [2.75, 3.05) is 12.4 Å². The van der Waals surface area contributed by atoms with Crippen LogP contribution in [0.15, 0.2) is 24.3 Å². The maximum Gasteiger partial charge on any atom is 0.275 e. The van der Waals surface area contributed by atoms with E-state index in [1.165, 1.54) is 0 Å². The second-order valence-corrected chi connectivity index (χ2v) is 5.53. The third-order valence-electron chi connectivity index (χ3n) is 3.93. The summed E-state index contributed by atoms with van der Waals surface area (Å²) in [6, 6.07) is 8.01. The van der Waals surface area contributed by atoms with Crippen LogP contribution >= 0.6 is 11.6 Å². The van der Waals surface area contributed by atoms with E-state index in [-0.39, 0.29) is 11.9 Å². The Labute approximate surface area is 130 Å². The van der Waals surface area contributed by atoms with Crippen LogP contribution in [0.3, 0.4) is 0 Å². The maximum atomic E-state index is 12.9. The molecule has 0 saturated heterocycles. The van der Waals surface area contributed by atoms with Gasteiger partial charge >= 0.3 is 0 Å². The van der Waals surface area contributed by atoms with Crippen molar-refractivity contribution in [1.29, 1.82) is 0 Å². The molecular formula is C16H22ClN3O. The number of carbonyl (C=O) groups excluding carboxylic acids is 1. The van der Waals surface area contributed by atoms with Crippen LogP contribution in [0, 0.1) is 0 Å². The monoisotopic (exact) mass is 307 g/mol. The molecule has 4 nitrogen and oxygen atoms in total. The van der Waals surface area contributed by atoms with E-state index in [9.17, 15) is 4.79 Å². The number of aryl methyl sites for hydroxylation is 1. The first kappa shape index (κ1) is 15.8. The molecule has 0 spiro atoms. The van der Waals surface area contributed by atoms with Gasteiger partial charge in [-0.05, 0) is 18.9 Å². The summed E-state index contributed by atoms with van der Waals surface area (Å²) < 4.78 is 1.76. The Morgan fingerprint density at radius 1 is 1.33 bits per heavy atom. The minimum absolute atomic E-state index is 0.0267. The Hall–Kier alpha value is -1.55. The molecule has 0 radical (unpaired) electrons. The van der Waals surface area contributed by atoms with E-state index in [1.54, 1.807) is 4.68 Å². The molecule has 1 aromatic heterocycles. The van der Waals surface area contributed by atoms with Crippen molar-refractivity contribution in [2.45, 2.75) is 32.7 Å². The quantitative estimate of drug-likeness (QED) is 0.767. The standard InChI is InChI=1S/C16H22ClN3O/c1-4-12(5-2)20(11-10-17)16(21)15-13-8-6-7-9-14(13)19(3)18-15/h6-9,12H,4-5,10-11H2,1-3H3. The van der Waals surface area contributed by atoms with Crippen LogP contribution in [-0.2, 0) is 7.05 Å². The molecule has 0 unspecified atom stereocenters. The van der Waals surface area contributed by atoms with Gasteiger partial charge in [0.1, 0.15) is 0 Å². The van der Waals surface area contributed by atoms with Crippen LogP contribution in [0.4, 0.5) is 0 Å². The van der Waals surface area contributed by atoms with Crippen LogP contribution in [0.2, 0.25) is 0 Å². The molecule has 0 fully saturated rings. The summed E-state index contributed by atoms with van der Waals surface area (Å²) in [6.07, 6.45) is 1.84. The average Bonchev–Trinajstić information content (AvgIpc) is 2.84. The number of para-hydroxylation sites is 1. The highest BCUT2D eigenvalue weighted by Crippen LogP contribution is 2.21. The van der Waals surface area contributed by atoms with Crippen molar-refractivity contribution in [3.8, 4) is 0 Å². The first-order valence-corrected chi connectivity index (χ1v) is 7.96. The highest BCUT2D eigenvalue weighted by molar-refractivity contribution is 6.18. The molecule has 2 aromatic rings. The number of aromatic nitrogens is 2. The smallest absolute Gasteiger partial charge is 0.275 e. The summed E-state index contributed by atoms with van der Waals surface area (Å²) >= 11 is 5.89. The Bertz CT molecular complexity index is 619. The molecule has 0 aliphatic rings. The van der Waals surface area contributed by atoms with Crippen molar-refractivity contribution in [1.82, 2.24) is 14.7 Å². The summed E-state index contributed by atoms with van der Waals surface area (Å²) in [5.74, 6) is 0.411. The number of benzene rings is 1. The number of hydrogen-bond acceptors (Lipinski definition) is 2. The molecule has 1 amide bonds. The van der Waals surface area contributed by atoms with Crippen molar-refractivity contribution < 1.29 is 4.79 Å². The lowest BCUT2D eigenvalue weighted by molar-refractivity contribution is 0.0676. The van der Waals surface area contributed by atoms with E-state index in [0.29, 0.717) is 18.1 Å². The first-order chi connectivity index (χ1) is 10.1. The number of nitrogens with zero attached hydrogens (tertiary/aromatic N) is 3. The van der Waals surface area contributed by atoms with Gasteiger partial charge in [-0.25, -0.2) is 0 Å². The van der Waals surface area contributed by atoms with E-state index in [4.69, 9.17) is 11.6 Å². The second-order valence-electron chi connectivity index (χ2n) is 5.15. The zero-order valence-corrected chi connectivity index (χ0v) is 13.6. The molecule has 0 bridgehead atoms. The number of halogens is 1. The van der Waals surface area contributed by atoms with Gasteiger partial charge in [0.2, 0.25) is 0 Å². The zero-order valence-electron chi connectivity index (χ0n) is 12.8. The predicted octanol–water partition coefficient (Wildman–Crippen LogP) is 3.44. The molecule has 0 aliphatic heterocycles. The molecule has 0 saturated carbocycles. The molecule has 2 rings (SSSR count). The van der Waals surface area contributed by atoms with Gasteiger partial charge in [-0.1, -0.05) is 32.0 Å². The van der Waals surface area contributed by atoms with Gasteiger partial charge in [-0.15, -0.1) is 11.6 Å². The average molecular weight is 308 g/mol. The first-order valence-electron chi connectivity index (χ1n) is 7.42. The summed E-state index contributed by atoms with van der Waals surface area (Å²) in [6.45, 7) is 4.75. The highest BCUT2D eigenvalue weighted by Gasteiger charge is 2.25. The van der Waals surface area contributed by atoms with Gasteiger partial charge in [0, 0.05) is 30.9 Å². The number of carbonyl (C=O) groups is 1. The molecule has 0 atom stereocenters. The van der Waals surface area contributed by atoms with E-state index < -0.39 is 0 Å². The van der Waals surface area contributed by atoms with Crippen molar-refractivity contribution in [3.05, 3.63) is 30.0 Å². The van der Waals surface area contributed by atoms with E-state index in [2.05, 4.69) is 18.9 Å². The van der Waals surface area contributed by atoms with Crippen LogP contribution in [0.5, 0.6) is 0 Å². The Balaban J connectivity index is 2.43. The molecule has 21 heavy (non-hydrogen) atoms. The highest BCUT2D eigenvalue weighted by atomic mass is 35.5. The largest absolute Gasteiger partial charge is 0.333 e. The topological polar surface area (TPSA) is 38.1 Å². The van der Waals surface area contributed by atoms with Gasteiger partial charge in [-0.3, -0.25) is 9.48 Å². The molecule has 0 N–H and O–H groups in total. The molecule has 1 aromatic carbocycles. The fourth-order valence-corrected chi connectivity index (χ4v) is 2.96.